The molecule has 7 heteroatoms. The van der Waals surface area contributed by atoms with Crippen LogP contribution in [0.4, 0.5) is 5.69 Å². The summed E-state index contributed by atoms with van der Waals surface area (Å²) in [5, 5.41) is 2.81. The first-order valence-electron chi connectivity index (χ1n) is 8.71. The van der Waals surface area contributed by atoms with Gasteiger partial charge in [-0.1, -0.05) is 26.0 Å². The molecule has 0 aliphatic carbocycles. The average molecular weight is 391 g/mol. The summed E-state index contributed by atoms with van der Waals surface area (Å²) in [5.74, 6) is 0.604. The zero-order valence-corrected chi connectivity index (χ0v) is 17.1. The van der Waals surface area contributed by atoms with Crippen LogP contribution in [0.25, 0.3) is 0 Å². The lowest BCUT2D eigenvalue weighted by molar-refractivity contribution is 0.0950. The fraction of sp³-hybridized carbons (Fsp3) is 0.350. The van der Waals surface area contributed by atoms with Gasteiger partial charge in [-0.25, -0.2) is 8.42 Å². The molecule has 6 nitrogen and oxygen atoms in total. The van der Waals surface area contributed by atoms with Crippen molar-refractivity contribution >= 4 is 21.6 Å². The number of hydrogen-bond acceptors (Lipinski definition) is 4. The van der Waals surface area contributed by atoms with Crippen molar-refractivity contribution in [3.05, 3.63) is 53.1 Å². The number of sulfonamides is 1. The molecule has 0 unspecified atom stereocenters. The lowest BCUT2D eigenvalue weighted by Gasteiger charge is -2.16. The summed E-state index contributed by atoms with van der Waals surface area (Å²) in [5.41, 5.74) is 1.88. The van der Waals surface area contributed by atoms with Crippen LogP contribution in [-0.4, -0.2) is 28.0 Å². The molecule has 0 saturated heterocycles. The maximum Gasteiger partial charge on any atom is 0.262 e. The van der Waals surface area contributed by atoms with E-state index >= 15 is 0 Å². The Morgan fingerprint density at radius 1 is 1.07 bits per heavy atom. The molecule has 0 aliphatic heterocycles. The summed E-state index contributed by atoms with van der Waals surface area (Å²) >= 11 is 0. The fourth-order valence-electron chi connectivity index (χ4n) is 2.65. The zero-order chi connectivity index (χ0) is 20.2. The number of ether oxygens (including phenoxy) is 1. The number of amides is 1. The van der Waals surface area contributed by atoms with Crippen molar-refractivity contribution in [3.63, 3.8) is 0 Å². The van der Waals surface area contributed by atoms with Gasteiger partial charge < -0.3 is 10.1 Å². The number of methoxy groups -OCH3 is 1. The van der Waals surface area contributed by atoms with E-state index in [0.717, 1.165) is 5.56 Å². The van der Waals surface area contributed by atoms with E-state index in [0.29, 0.717) is 23.8 Å². The predicted molar refractivity (Wildman–Crippen MR) is 107 cm³/mol. The van der Waals surface area contributed by atoms with Gasteiger partial charge in [-0.05, 0) is 55.2 Å². The minimum Gasteiger partial charge on any atom is -0.496 e. The molecule has 0 aromatic heterocycles. The van der Waals surface area contributed by atoms with Crippen LogP contribution in [0.3, 0.4) is 0 Å². The van der Waals surface area contributed by atoms with Crippen LogP contribution in [0.2, 0.25) is 0 Å². The minimum absolute atomic E-state index is 0.151. The average Bonchev–Trinajstić information content (AvgIpc) is 2.61. The van der Waals surface area contributed by atoms with Crippen molar-refractivity contribution in [3.8, 4) is 5.75 Å². The Morgan fingerprint density at radius 2 is 1.74 bits per heavy atom. The molecular weight excluding hydrogens is 364 g/mol. The summed E-state index contributed by atoms with van der Waals surface area (Å²) in [6, 6.07) is 9.68. The van der Waals surface area contributed by atoms with Crippen molar-refractivity contribution in [1.29, 1.82) is 0 Å². The molecule has 1 amide bonds. The van der Waals surface area contributed by atoms with E-state index < -0.39 is 10.0 Å². The third-order valence-corrected chi connectivity index (χ3v) is 5.79. The van der Waals surface area contributed by atoms with Crippen molar-refractivity contribution in [2.75, 3.05) is 18.4 Å². The first kappa shape index (κ1) is 20.8. The maximum atomic E-state index is 12.9. The second kappa shape index (κ2) is 8.43. The number of rotatable bonds is 7. The molecule has 0 bridgehead atoms. The number of hydrogen-bond donors (Lipinski definition) is 2. The van der Waals surface area contributed by atoms with Gasteiger partial charge in [0.15, 0.2) is 0 Å². The number of anilines is 1. The molecule has 2 rings (SSSR count). The van der Waals surface area contributed by atoms with E-state index in [1.807, 2.05) is 13.8 Å². The molecule has 2 aromatic carbocycles. The van der Waals surface area contributed by atoms with Crippen molar-refractivity contribution in [2.45, 2.75) is 32.6 Å². The van der Waals surface area contributed by atoms with E-state index in [4.69, 9.17) is 4.74 Å². The first-order chi connectivity index (χ1) is 12.7. The Hall–Kier alpha value is -2.54. The SMILES string of the molecule is COc1ccc(S(=O)(=O)Nc2ccccc2C(=O)NCC(C)C)c(C)c1C. The normalized spacial score (nSPS) is 11.3. The highest BCUT2D eigenvalue weighted by atomic mass is 32.2. The topological polar surface area (TPSA) is 84.5 Å². The smallest absolute Gasteiger partial charge is 0.262 e. The van der Waals surface area contributed by atoms with Crippen LogP contribution in [0.1, 0.15) is 35.3 Å². The number of nitrogens with one attached hydrogen (secondary N) is 2. The van der Waals surface area contributed by atoms with Crippen LogP contribution in [-0.2, 0) is 10.0 Å². The van der Waals surface area contributed by atoms with Gasteiger partial charge in [0.1, 0.15) is 5.75 Å². The number of para-hydroxylation sites is 1. The second-order valence-corrected chi connectivity index (χ2v) is 8.42. The molecular formula is C20H26N2O4S. The van der Waals surface area contributed by atoms with E-state index in [9.17, 15) is 13.2 Å². The number of carbonyl (C=O) groups is 1. The van der Waals surface area contributed by atoms with E-state index in [-0.39, 0.29) is 22.1 Å². The zero-order valence-electron chi connectivity index (χ0n) is 16.3. The summed E-state index contributed by atoms with van der Waals surface area (Å²) in [6.45, 7) is 8.03. The molecule has 0 heterocycles. The van der Waals surface area contributed by atoms with Gasteiger partial charge >= 0.3 is 0 Å². The van der Waals surface area contributed by atoms with Gasteiger partial charge in [0.2, 0.25) is 0 Å². The summed E-state index contributed by atoms with van der Waals surface area (Å²) in [6.07, 6.45) is 0. The molecule has 0 radical (unpaired) electrons. The van der Waals surface area contributed by atoms with Crippen LogP contribution in [0, 0.1) is 19.8 Å². The van der Waals surface area contributed by atoms with Gasteiger partial charge in [0.05, 0.1) is 23.3 Å². The third-order valence-electron chi connectivity index (χ3n) is 4.28. The highest BCUT2D eigenvalue weighted by Gasteiger charge is 2.22. The molecule has 2 aromatic rings. The van der Waals surface area contributed by atoms with Crippen molar-refractivity contribution in [2.24, 2.45) is 5.92 Å². The van der Waals surface area contributed by atoms with Crippen LogP contribution in [0.15, 0.2) is 41.3 Å². The first-order valence-corrected chi connectivity index (χ1v) is 10.2. The Balaban J connectivity index is 2.37. The summed E-state index contributed by atoms with van der Waals surface area (Å²) in [4.78, 5) is 12.6. The van der Waals surface area contributed by atoms with Crippen molar-refractivity contribution in [1.82, 2.24) is 5.32 Å². The van der Waals surface area contributed by atoms with Crippen molar-refractivity contribution < 1.29 is 17.9 Å². The fourth-order valence-corrected chi connectivity index (χ4v) is 4.03. The van der Waals surface area contributed by atoms with Crippen LogP contribution in [0.5, 0.6) is 5.75 Å². The molecule has 0 atom stereocenters. The highest BCUT2D eigenvalue weighted by molar-refractivity contribution is 7.92. The quantitative estimate of drug-likeness (QED) is 0.758. The molecule has 0 aliphatic rings. The number of carbonyl (C=O) groups excluding carboxylic acids is 1. The largest absolute Gasteiger partial charge is 0.496 e. The predicted octanol–water partition coefficient (Wildman–Crippen LogP) is 3.50. The van der Waals surface area contributed by atoms with Gasteiger partial charge in [-0.15, -0.1) is 0 Å². The van der Waals surface area contributed by atoms with Crippen LogP contribution >= 0.6 is 0 Å². The molecule has 27 heavy (non-hydrogen) atoms. The number of benzene rings is 2. The Kier molecular flexibility index (Phi) is 6.49. The second-order valence-electron chi connectivity index (χ2n) is 6.77. The van der Waals surface area contributed by atoms with E-state index in [1.165, 1.54) is 6.07 Å². The van der Waals surface area contributed by atoms with Gasteiger partial charge in [0, 0.05) is 6.54 Å². The Labute approximate surface area is 161 Å². The monoisotopic (exact) mass is 390 g/mol. The molecule has 2 N–H and O–H groups in total. The summed E-state index contributed by atoms with van der Waals surface area (Å²) < 4.78 is 33.7. The molecule has 0 saturated carbocycles. The lowest BCUT2D eigenvalue weighted by atomic mass is 10.1. The Morgan fingerprint density at radius 3 is 2.37 bits per heavy atom. The Bertz CT molecular complexity index is 937. The standard InChI is InChI=1S/C20H26N2O4S/c1-13(2)12-21-20(23)16-8-6-7-9-17(16)22-27(24,25)19-11-10-18(26-5)14(3)15(19)4/h6-11,13,22H,12H2,1-5H3,(H,21,23). The lowest BCUT2D eigenvalue weighted by Crippen LogP contribution is -2.28. The molecule has 0 spiro atoms. The maximum absolute atomic E-state index is 12.9. The third kappa shape index (κ3) is 4.80. The van der Waals surface area contributed by atoms with Gasteiger partial charge in [-0.2, -0.15) is 0 Å². The van der Waals surface area contributed by atoms with E-state index in [1.54, 1.807) is 51.3 Å². The van der Waals surface area contributed by atoms with E-state index in [2.05, 4.69) is 10.0 Å². The summed E-state index contributed by atoms with van der Waals surface area (Å²) in [7, 11) is -2.32. The van der Waals surface area contributed by atoms with Gasteiger partial charge in [-0.3, -0.25) is 9.52 Å². The molecule has 146 valence electrons. The minimum atomic E-state index is -3.86. The highest BCUT2D eigenvalue weighted by Crippen LogP contribution is 2.28. The van der Waals surface area contributed by atoms with Gasteiger partial charge in [0.25, 0.3) is 15.9 Å². The molecule has 0 fully saturated rings. The van der Waals surface area contributed by atoms with Crippen LogP contribution < -0.4 is 14.8 Å².